The number of benzene rings is 3. The lowest BCUT2D eigenvalue weighted by Gasteiger charge is -2.27. The van der Waals surface area contributed by atoms with Gasteiger partial charge in [0.05, 0.1) is 42.1 Å². The first kappa shape index (κ1) is 35.7. The summed E-state index contributed by atoms with van der Waals surface area (Å²) in [6, 6.07) is 15.0. The molecule has 10 heteroatoms. The topological polar surface area (TPSA) is 116 Å². The fraction of sp³-hybridized carbons (Fsp3) is 0.476. The molecule has 3 aromatic carbocycles. The van der Waals surface area contributed by atoms with Gasteiger partial charge in [-0.3, -0.25) is 9.59 Å². The minimum Gasteiger partial charge on any atom is -0.488 e. The summed E-state index contributed by atoms with van der Waals surface area (Å²) in [5.41, 5.74) is 7.11. The Labute approximate surface area is 306 Å². The summed E-state index contributed by atoms with van der Waals surface area (Å²) < 4.78 is 11.9. The van der Waals surface area contributed by atoms with Crippen molar-refractivity contribution in [3.05, 3.63) is 65.9 Å². The molecule has 0 aliphatic carbocycles. The van der Waals surface area contributed by atoms with E-state index < -0.39 is 0 Å². The number of hydrogen-bond acceptors (Lipinski definition) is 6. The number of H-pyrrole nitrogens is 2. The second-order valence-corrected chi connectivity index (χ2v) is 14.9. The lowest BCUT2D eigenvalue weighted by molar-refractivity contribution is -0.134. The molecule has 52 heavy (non-hydrogen) atoms. The molecule has 2 amide bonds. The summed E-state index contributed by atoms with van der Waals surface area (Å²) >= 11 is 0. The molecule has 2 aromatic heterocycles. The summed E-state index contributed by atoms with van der Waals surface area (Å²) in [5, 5.41) is 2.14. The van der Waals surface area contributed by atoms with E-state index >= 15 is 0 Å². The van der Waals surface area contributed by atoms with E-state index in [4.69, 9.17) is 14.5 Å². The third-order valence-corrected chi connectivity index (χ3v) is 11.2. The van der Waals surface area contributed by atoms with Gasteiger partial charge in [0.1, 0.15) is 24.0 Å². The first-order valence-electron chi connectivity index (χ1n) is 19.1. The van der Waals surface area contributed by atoms with Gasteiger partial charge >= 0.3 is 0 Å². The van der Waals surface area contributed by atoms with Crippen molar-refractivity contribution in [1.82, 2.24) is 29.7 Å². The molecule has 0 bridgehead atoms. The zero-order valence-corrected chi connectivity index (χ0v) is 31.4. The van der Waals surface area contributed by atoms with Gasteiger partial charge < -0.3 is 29.2 Å². The number of nitrogens with zero attached hydrogens (tertiary/aromatic N) is 4. The van der Waals surface area contributed by atoms with Gasteiger partial charge in [0.2, 0.25) is 11.8 Å². The van der Waals surface area contributed by atoms with Crippen LogP contribution in [-0.2, 0) is 27.5 Å². The van der Waals surface area contributed by atoms with Crippen LogP contribution in [0.4, 0.5) is 0 Å². The van der Waals surface area contributed by atoms with Crippen LogP contribution >= 0.6 is 0 Å². The van der Waals surface area contributed by atoms with Gasteiger partial charge in [0, 0.05) is 49.4 Å². The van der Waals surface area contributed by atoms with Crippen LogP contribution in [0.5, 0.6) is 5.75 Å². The van der Waals surface area contributed by atoms with Crippen LogP contribution in [0.15, 0.2) is 48.7 Å². The third kappa shape index (κ3) is 6.93. The number of carbonyl (C=O) groups excluding carboxylic acids is 2. The monoisotopic (exact) mass is 704 g/mol. The smallest absolute Gasteiger partial charge is 0.223 e. The quantitative estimate of drug-likeness (QED) is 0.127. The van der Waals surface area contributed by atoms with Gasteiger partial charge in [-0.2, -0.15) is 0 Å². The maximum Gasteiger partial charge on any atom is 0.223 e. The summed E-state index contributed by atoms with van der Waals surface area (Å²) in [7, 11) is 1.73. The summed E-state index contributed by atoms with van der Waals surface area (Å²) in [4.78, 5) is 47.1. The van der Waals surface area contributed by atoms with E-state index in [2.05, 4.69) is 85.1 Å². The molecule has 4 atom stereocenters. The van der Waals surface area contributed by atoms with E-state index in [0.29, 0.717) is 45.1 Å². The Morgan fingerprint density at radius 2 is 1.90 bits per heavy atom. The van der Waals surface area contributed by atoms with Crippen LogP contribution in [0, 0.1) is 11.8 Å². The van der Waals surface area contributed by atoms with Crippen LogP contribution in [-0.4, -0.2) is 67.9 Å². The molecule has 0 radical (unpaired) electrons. The highest BCUT2D eigenvalue weighted by Gasteiger charge is 2.38. The molecule has 10 nitrogen and oxygen atoms in total. The van der Waals surface area contributed by atoms with Crippen LogP contribution in [0.2, 0.25) is 0 Å². The number of nitrogens with one attached hydrogen (secondary N) is 2. The predicted molar refractivity (Wildman–Crippen MR) is 205 cm³/mol. The molecule has 5 aromatic rings. The van der Waals surface area contributed by atoms with E-state index in [1.165, 1.54) is 0 Å². The van der Waals surface area contributed by atoms with Crippen molar-refractivity contribution in [3.63, 3.8) is 0 Å². The SMILES string of the molecule is CCCC(=O)N(Cc1ncc(-c2ccc3c(c2)COc2cc4c(ccc5nc([C@@H]6C[C@H](COC)CN6C(=O)C[C@@H](C)CC)[nH]c54)cc2-3)[nH]1)[C@@H](C)CC. The van der Waals surface area contributed by atoms with Gasteiger partial charge in [-0.15, -0.1) is 0 Å². The minimum atomic E-state index is -0.109. The number of imidazole rings is 2. The number of aromatic amines is 2. The predicted octanol–water partition coefficient (Wildman–Crippen LogP) is 8.57. The number of ether oxygens (including phenoxy) is 2. The van der Waals surface area contributed by atoms with Crippen molar-refractivity contribution in [1.29, 1.82) is 0 Å². The summed E-state index contributed by atoms with van der Waals surface area (Å²) in [6.07, 6.45) is 6.48. The molecule has 2 aliphatic rings. The number of methoxy groups -OCH3 is 1. The molecule has 0 unspecified atom stereocenters. The lowest BCUT2D eigenvalue weighted by atomic mass is 9.92. The number of amides is 2. The highest BCUT2D eigenvalue weighted by atomic mass is 16.5. The van der Waals surface area contributed by atoms with Crippen molar-refractivity contribution >= 4 is 33.6 Å². The zero-order chi connectivity index (χ0) is 36.5. The van der Waals surface area contributed by atoms with Crippen LogP contribution in [0.1, 0.15) is 96.4 Å². The average Bonchev–Trinajstić information content (AvgIpc) is 3.91. The molecule has 4 heterocycles. The Hall–Kier alpha value is -4.70. The van der Waals surface area contributed by atoms with E-state index in [1.807, 2.05) is 22.9 Å². The van der Waals surface area contributed by atoms with E-state index in [1.54, 1.807) is 7.11 Å². The molecule has 7 rings (SSSR count). The molecule has 1 saturated heterocycles. The Morgan fingerprint density at radius 3 is 2.67 bits per heavy atom. The molecule has 2 N–H and O–H groups in total. The molecular weight excluding hydrogens is 652 g/mol. The van der Waals surface area contributed by atoms with E-state index in [0.717, 1.165) is 92.8 Å². The largest absolute Gasteiger partial charge is 0.488 e. The highest BCUT2D eigenvalue weighted by molar-refractivity contribution is 6.07. The fourth-order valence-corrected chi connectivity index (χ4v) is 7.83. The van der Waals surface area contributed by atoms with Crippen molar-refractivity contribution in [2.45, 2.75) is 98.4 Å². The molecular formula is C42H52N6O4. The fourth-order valence-electron chi connectivity index (χ4n) is 7.83. The third-order valence-electron chi connectivity index (χ3n) is 11.2. The normalized spacial score (nSPS) is 17.9. The number of fused-ring (bicyclic) bond motifs is 6. The van der Waals surface area contributed by atoms with Crippen molar-refractivity contribution < 1.29 is 19.1 Å². The van der Waals surface area contributed by atoms with Crippen LogP contribution in [0.3, 0.4) is 0 Å². The molecule has 0 spiro atoms. The number of likely N-dealkylation sites (tertiary alicyclic amines) is 1. The van der Waals surface area contributed by atoms with Gasteiger partial charge in [0.15, 0.2) is 0 Å². The maximum absolute atomic E-state index is 13.5. The van der Waals surface area contributed by atoms with Crippen LogP contribution in [0.25, 0.3) is 44.2 Å². The Bertz CT molecular complexity index is 2080. The molecule has 274 valence electrons. The van der Waals surface area contributed by atoms with Crippen LogP contribution < -0.4 is 4.74 Å². The molecule has 2 aliphatic heterocycles. The van der Waals surface area contributed by atoms with Gasteiger partial charge in [-0.1, -0.05) is 52.3 Å². The number of hydrogen-bond donors (Lipinski definition) is 2. The Kier molecular flexibility index (Phi) is 10.4. The first-order chi connectivity index (χ1) is 25.2. The van der Waals surface area contributed by atoms with Crippen molar-refractivity contribution in [2.75, 3.05) is 20.3 Å². The second kappa shape index (κ2) is 15.1. The zero-order valence-electron chi connectivity index (χ0n) is 31.4. The van der Waals surface area contributed by atoms with E-state index in [-0.39, 0.29) is 29.8 Å². The minimum absolute atomic E-state index is 0.109. The van der Waals surface area contributed by atoms with Crippen molar-refractivity contribution in [2.24, 2.45) is 11.8 Å². The Morgan fingerprint density at radius 1 is 1.06 bits per heavy atom. The molecule has 1 fully saturated rings. The van der Waals surface area contributed by atoms with Gasteiger partial charge in [-0.25, -0.2) is 9.97 Å². The first-order valence-corrected chi connectivity index (χ1v) is 19.1. The second-order valence-electron chi connectivity index (χ2n) is 14.9. The summed E-state index contributed by atoms with van der Waals surface area (Å²) in [5.74, 6) is 3.43. The number of aromatic nitrogens is 4. The summed E-state index contributed by atoms with van der Waals surface area (Å²) in [6.45, 7) is 12.7. The van der Waals surface area contributed by atoms with Gasteiger partial charge in [0.25, 0.3) is 0 Å². The van der Waals surface area contributed by atoms with Gasteiger partial charge in [-0.05, 0) is 78.4 Å². The maximum atomic E-state index is 13.5. The molecule has 0 saturated carbocycles. The average molecular weight is 705 g/mol. The van der Waals surface area contributed by atoms with Crippen molar-refractivity contribution in [3.8, 4) is 28.1 Å². The highest BCUT2D eigenvalue weighted by Crippen LogP contribution is 2.43. The van der Waals surface area contributed by atoms with E-state index in [9.17, 15) is 9.59 Å². The number of carbonyl (C=O) groups is 2. The lowest BCUT2D eigenvalue weighted by Crippen LogP contribution is -2.37. The number of rotatable bonds is 13. The standard InChI is InChI=1S/C42H52N6O4/c1-7-10-39(49)47(26(5)9-3)22-38-43-20-35(44-38)29-11-13-31-30(17-29)24-52-37-19-32-28(18-33(31)37)12-14-34-41(32)46-42(45-34)36-16-27(23-51-6)21-48(36)40(50)15-25(4)8-2/h11-14,17-20,25-27,36H,7-10,15-16,21-24H2,1-6H3,(H,43,44)(H,45,46)/t25-,26-,27-,36-/m0/s1. The Balaban J connectivity index is 1.15.